The Hall–Kier alpha value is -2.58. The minimum atomic E-state index is -1.46. The van der Waals surface area contributed by atoms with Crippen LogP contribution in [0.3, 0.4) is 0 Å². The summed E-state index contributed by atoms with van der Waals surface area (Å²) in [6.07, 6.45) is 13.7. The molecule has 0 aliphatic heterocycles. The SMILES string of the molecule is c1ccc2c([SiH](c3ccc(OCC4CCCCC4)c4ccccc34)C3CCCCC3)cccc2c1. The van der Waals surface area contributed by atoms with Gasteiger partial charge in [-0.15, -0.1) is 0 Å². The van der Waals surface area contributed by atoms with E-state index in [0.717, 1.165) is 23.8 Å². The summed E-state index contributed by atoms with van der Waals surface area (Å²) in [6, 6.07) is 29.9. The Morgan fingerprint density at radius 1 is 0.571 bits per heavy atom. The standard InChI is InChI=1S/C33H38OSi/c1-3-12-25(13-4-1)24-34-31-22-23-33(30-20-10-9-19-29(30)31)35(27-16-5-2-6-17-27)32-21-11-15-26-14-7-8-18-28(26)32/h7-11,14-15,18-23,25,27,35H,1-6,12-13,16-17,24H2. The highest BCUT2D eigenvalue weighted by Crippen LogP contribution is 2.34. The Morgan fingerprint density at radius 3 is 2.00 bits per heavy atom. The Morgan fingerprint density at radius 2 is 1.20 bits per heavy atom. The van der Waals surface area contributed by atoms with Crippen LogP contribution in [-0.4, -0.2) is 15.4 Å². The van der Waals surface area contributed by atoms with Gasteiger partial charge in [0.15, 0.2) is 0 Å². The number of benzene rings is 4. The molecule has 2 fully saturated rings. The number of rotatable bonds is 6. The topological polar surface area (TPSA) is 9.23 Å². The zero-order valence-electron chi connectivity index (χ0n) is 20.9. The van der Waals surface area contributed by atoms with E-state index in [1.807, 2.05) is 0 Å². The van der Waals surface area contributed by atoms with Crippen molar-refractivity contribution in [1.82, 2.24) is 0 Å². The largest absolute Gasteiger partial charge is 0.493 e. The van der Waals surface area contributed by atoms with E-state index in [2.05, 4.69) is 78.9 Å². The van der Waals surface area contributed by atoms with Gasteiger partial charge >= 0.3 is 0 Å². The molecule has 0 radical (unpaired) electrons. The van der Waals surface area contributed by atoms with Crippen molar-refractivity contribution in [2.75, 3.05) is 6.61 Å². The maximum absolute atomic E-state index is 6.53. The maximum Gasteiger partial charge on any atom is 0.127 e. The molecule has 0 aromatic heterocycles. The molecule has 0 heterocycles. The minimum absolute atomic E-state index is 0.724. The van der Waals surface area contributed by atoms with E-state index >= 15 is 0 Å². The van der Waals surface area contributed by atoms with Crippen LogP contribution in [0.4, 0.5) is 0 Å². The lowest BCUT2D eigenvalue weighted by atomic mass is 9.90. The first-order valence-corrected chi connectivity index (χ1v) is 15.8. The summed E-state index contributed by atoms with van der Waals surface area (Å²) in [5, 5.41) is 8.86. The van der Waals surface area contributed by atoms with Crippen molar-refractivity contribution in [2.24, 2.45) is 5.92 Å². The molecule has 1 nitrogen and oxygen atoms in total. The average molecular weight is 479 g/mol. The number of hydrogen-bond donors (Lipinski definition) is 0. The van der Waals surface area contributed by atoms with Gasteiger partial charge in [-0.05, 0) is 56.9 Å². The second kappa shape index (κ2) is 10.6. The first-order chi connectivity index (χ1) is 17.4. The van der Waals surface area contributed by atoms with Gasteiger partial charge in [0.1, 0.15) is 14.5 Å². The molecule has 180 valence electrons. The van der Waals surface area contributed by atoms with Gasteiger partial charge in [0.2, 0.25) is 0 Å². The fourth-order valence-electron chi connectivity index (χ4n) is 6.92. The number of hydrogen-bond acceptors (Lipinski definition) is 1. The van der Waals surface area contributed by atoms with Crippen LogP contribution in [-0.2, 0) is 0 Å². The van der Waals surface area contributed by atoms with Gasteiger partial charge in [-0.1, -0.05) is 124 Å². The fraction of sp³-hybridized carbons (Fsp3) is 0.394. The molecule has 2 saturated carbocycles. The predicted octanol–water partition coefficient (Wildman–Crippen LogP) is 7.63. The van der Waals surface area contributed by atoms with E-state index in [0.29, 0.717) is 0 Å². The summed E-state index contributed by atoms with van der Waals surface area (Å²) in [6.45, 7) is 0.871. The summed E-state index contributed by atoms with van der Waals surface area (Å²) < 4.78 is 6.53. The third-order valence-corrected chi connectivity index (χ3v) is 12.7. The molecule has 4 aromatic rings. The molecule has 6 rings (SSSR count). The molecular weight excluding hydrogens is 440 g/mol. The van der Waals surface area contributed by atoms with Gasteiger partial charge in [0, 0.05) is 5.39 Å². The van der Waals surface area contributed by atoms with E-state index < -0.39 is 8.80 Å². The average Bonchev–Trinajstić information content (AvgIpc) is 2.94. The van der Waals surface area contributed by atoms with Crippen molar-refractivity contribution in [3.8, 4) is 5.75 Å². The van der Waals surface area contributed by atoms with Crippen molar-refractivity contribution in [3.05, 3.63) is 78.9 Å². The highest BCUT2D eigenvalue weighted by molar-refractivity contribution is 6.89. The molecule has 1 atom stereocenters. The second-order valence-corrected chi connectivity index (χ2v) is 14.1. The number of fused-ring (bicyclic) bond motifs is 2. The van der Waals surface area contributed by atoms with Crippen LogP contribution in [0.5, 0.6) is 5.75 Å². The van der Waals surface area contributed by atoms with Crippen molar-refractivity contribution < 1.29 is 4.74 Å². The van der Waals surface area contributed by atoms with Crippen molar-refractivity contribution in [1.29, 1.82) is 0 Å². The van der Waals surface area contributed by atoms with Gasteiger partial charge in [0.05, 0.1) is 6.61 Å². The Kier molecular flexibility index (Phi) is 6.91. The molecule has 0 spiro atoms. The normalized spacial score (nSPS) is 18.6. The molecule has 35 heavy (non-hydrogen) atoms. The van der Waals surface area contributed by atoms with Crippen LogP contribution in [0, 0.1) is 5.92 Å². The Balaban J connectivity index is 1.44. The van der Waals surface area contributed by atoms with E-state index in [1.54, 1.807) is 10.4 Å². The lowest BCUT2D eigenvalue weighted by Crippen LogP contribution is -2.47. The predicted molar refractivity (Wildman–Crippen MR) is 153 cm³/mol. The maximum atomic E-state index is 6.53. The van der Waals surface area contributed by atoms with Crippen LogP contribution in [0.1, 0.15) is 64.2 Å². The Labute approximate surface area is 212 Å². The summed E-state index contributed by atoms with van der Waals surface area (Å²) >= 11 is 0. The molecule has 1 unspecified atom stereocenters. The molecule has 4 aromatic carbocycles. The summed E-state index contributed by atoms with van der Waals surface area (Å²) in [5.41, 5.74) is 0.826. The van der Waals surface area contributed by atoms with E-state index in [-0.39, 0.29) is 0 Å². The monoisotopic (exact) mass is 478 g/mol. The zero-order chi connectivity index (χ0) is 23.5. The molecular formula is C33H38OSi. The summed E-state index contributed by atoms with van der Waals surface area (Å²) in [5.74, 6) is 1.81. The second-order valence-electron chi connectivity index (χ2n) is 11.0. The van der Waals surface area contributed by atoms with Crippen LogP contribution in [0.15, 0.2) is 78.9 Å². The van der Waals surface area contributed by atoms with Crippen LogP contribution < -0.4 is 15.1 Å². The third-order valence-electron chi connectivity index (χ3n) is 8.73. The lowest BCUT2D eigenvalue weighted by molar-refractivity contribution is 0.210. The minimum Gasteiger partial charge on any atom is -0.493 e. The van der Waals surface area contributed by atoms with Gasteiger partial charge < -0.3 is 4.74 Å². The third kappa shape index (κ3) is 4.78. The molecule has 0 N–H and O–H groups in total. The molecule has 2 heteroatoms. The zero-order valence-corrected chi connectivity index (χ0v) is 22.1. The Bertz CT molecular complexity index is 1280. The molecule has 2 aliphatic rings. The summed E-state index contributed by atoms with van der Waals surface area (Å²) in [7, 11) is -1.46. The highest BCUT2D eigenvalue weighted by atomic mass is 28.3. The van der Waals surface area contributed by atoms with Gasteiger partial charge in [-0.3, -0.25) is 0 Å². The van der Waals surface area contributed by atoms with Crippen molar-refractivity contribution >= 4 is 40.7 Å². The molecule has 0 saturated heterocycles. The molecule has 0 amide bonds. The van der Waals surface area contributed by atoms with Gasteiger partial charge in [-0.2, -0.15) is 0 Å². The first kappa shape index (κ1) is 22.9. The van der Waals surface area contributed by atoms with E-state index in [4.69, 9.17) is 4.74 Å². The van der Waals surface area contributed by atoms with E-state index in [1.165, 1.54) is 85.8 Å². The van der Waals surface area contributed by atoms with E-state index in [9.17, 15) is 0 Å². The first-order valence-electron chi connectivity index (χ1n) is 14.0. The van der Waals surface area contributed by atoms with Crippen LogP contribution in [0.2, 0.25) is 5.54 Å². The highest BCUT2D eigenvalue weighted by Gasteiger charge is 2.31. The quantitative estimate of drug-likeness (QED) is 0.259. The van der Waals surface area contributed by atoms with Crippen molar-refractivity contribution in [3.63, 3.8) is 0 Å². The van der Waals surface area contributed by atoms with Gasteiger partial charge in [0.25, 0.3) is 0 Å². The smallest absolute Gasteiger partial charge is 0.127 e. The van der Waals surface area contributed by atoms with Crippen LogP contribution >= 0.6 is 0 Å². The fourth-order valence-corrected chi connectivity index (χ4v) is 11.2. The molecule has 2 aliphatic carbocycles. The van der Waals surface area contributed by atoms with Crippen molar-refractivity contribution in [2.45, 2.75) is 69.7 Å². The lowest BCUT2D eigenvalue weighted by Gasteiger charge is -2.32. The van der Waals surface area contributed by atoms with Crippen LogP contribution in [0.25, 0.3) is 21.5 Å². The number of ether oxygens (including phenoxy) is 1. The molecule has 0 bridgehead atoms. The van der Waals surface area contributed by atoms with Gasteiger partial charge in [-0.25, -0.2) is 0 Å². The summed E-state index contributed by atoms with van der Waals surface area (Å²) in [4.78, 5) is 0.